The quantitative estimate of drug-likeness (QED) is 0.803. The van der Waals surface area contributed by atoms with Crippen LogP contribution in [0.1, 0.15) is 18.9 Å². The van der Waals surface area contributed by atoms with Gasteiger partial charge in [-0.15, -0.1) is 0 Å². The van der Waals surface area contributed by atoms with Crippen LogP contribution in [0.15, 0.2) is 23.1 Å². The van der Waals surface area contributed by atoms with Gasteiger partial charge in [0.05, 0.1) is 22.6 Å². The van der Waals surface area contributed by atoms with Gasteiger partial charge in [-0.3, -0.25) is 0 Å². The van der Waals surface area contributed by atoms with Crippen LogP contribution in [0.5, 0.6) is 0 Å². The van der Waals surface area contributed by atoms with Gasteiger partial charge in [0.1, 0.15) is 4.99 Å². The minimum atomic E-state index is -3.69. The molecule has 1 aromatic carbocycles. The SMILES string of the molecule is CC1CCN(S(=O)(=O)c2ccc(C(N)=S)c(Cl)c2)C1CO. The highest BCUT2D eigenvalue weighted by atomic mass is 35.5. The normalized spacial score (nSPS) is 23.4. The van der Waals surface area contributed by atoms with E-state index in [2.05, 4.69) is 0 Å². The van der Waals surface area contributed by atoms with Crippen molar-refractivity contribution in [2.75, 3.05) is 13.2 Å². The molecular formula is C13H17ClN2O3S2. The molecule has 2 rings (SSSR count). The van der Waals surface area contributed by atoms with E-state index in [0.717, 1.165) is 6.42 Å². The van der Waals surface area contributed by atoms with Crippen LogP contribution in [0, 0.1) is 5.92 Å². The Balaban J connectivity index is 2.41. The van der Waals surface area contributed by atoms with Crippen molar-refractivity contribution in [3.63, 3.8) is 0 Å². The molecule has 2 atom stereocenters. The number of rotatable bonds is 4. The van der Waals surface area contributed by atoms with E-state index in [1.165, 1.54) is 22.5 Å². The zero-order valence-electron chi connectivity index (χ0n) is 11.5. The zero-order chi connectivity index (χ0) is 15.8. The van der Waals surface area contributed by atoms with Crippen molar-refractivity contribution >= 4 is 38.8 Å². The molecule has 0 aromatic heterocycles. The van der Waals surface area contributed by atoms with E-state index in [1.54, 1.807) is 0 Å². The topological polar surface area (TPSA) is 83.6 Å². The molecule has 0 bridgehead atoms. The number of halogens is 1. The Bertz CT molecular complexity index is 663. The van der Waals surface area contributed by atoms with Crippen molar-refractivity contribution < 1.29 is 13.5 Å². The van der Waals surface area contributed by atoms with Crippen molar-refractivity contribution in [1.82, 2.24) is 4.31 Å². The highest BCUT2D eigenvalue weighted by Crippen LogP contribution is 2.31. The van der Waals surface area contributed by atoms with Crippen molar-refractivity contribution in [2.24, 2.45) is 11.7 Å². The molecule has 1 fully saturated rings. The lowest BCUT2D eigenvalue weighted by atomic mass is 10.0. The monoisotopic (exact) mass is 348 g/mol. The molecule has 0 spiro atoms. The molecule has 3 N–H and O–H groups in total. The van der Waals surface area contributed by atoms with Crippen LogP contribution in [-0.4, -0.2) is 42.0 Å². The van der Waals surface area contributed by atoms with E-state index in [-0.39, 0.29) is 27.4 Å². The van der Waals surface area contributed by atoms with Gasteiger partial charge in [-0.05, 0) is 30.5 Å². The first kappa shape index (κ1) is 16.6. The van der Waals surface area contributed by atoms with Crippen molar-refractivity contribution in [2.45, 2.75) is 24.3 Å². The summed E-state index contributed by atoms with van der Waals surface area (Å²) in [5.41, 5.74) is 5.96. The Labute approximate surface area is 134 Å². The highest BCUT2D eigenvalue weighted by molar-refractivity contribution is 7.89. The van der Waals surface area contributed by atoms with Crippen molar-refractivity contribution in [1.29, 1.82) is 0 Å². The second-order valence-electron chi connectivity index (χ2n) is 5.14. The molecule has 5 nitrogen and oxygen atoms in total. The molecule has 8 heteroatoms. The standard InChI is InChI=1S/C13H17ClN2O3S2/c1-8-4-5-16(12(8)7-17)21(18,19)9-2-3-10(13(15)20)11(14)6-9/h2-3,6,8,12,17H,4-5,7H2,1H3,(H2,15,20). The summed E-state index contributed by atoms with van der Waals surface area (Å²) < 4.78 is 26.7. The van der Waals surface area contributed by atoms with Crippen LogP contribution in [-0.2, 0) is 10.0 Å². The summed E-state index contributed by atoms with van der Waals surface area (Å²) in [6.07, 6.45) is 0.725. The number of sulfonamides is 1. The first-order valence-corrected chi connectivity index (χ1v) is 8.73. The van der Waals surface area contributed by atoms with E-state index in [4.69, 9.17) is 29.6 Å². The number of hydrogen-bond acceptors (Lipinski definition) is 4. The van der Waals surface area contributed by atoms with Crippen LogP contribution >= 0.6 is 23.8 Å². The van der Waals surface area contributed by atoms with Gasteiger partial charge in [0, 0.05) is 12.1 Å². The number of aliphatic hydroxyl groups excluding tert-OH is 1. The first-order valence-electron chi connectivity index (χ1n) is 6.51. The van der Waals surface area contributed by atoms with E-state index in [1.807, 2.05) is 6.92 Å². The summed E-state index contributed by atoms with van der Waals surface area (Å²) in [4.78, 5) is 0.201. The number of aliphatic hydroxyl groups is 1. The van der Waals surface area contributed by atoms with Crippen LogP contribution in [0.3, 0.4) is 0 Å². The van der Waals surface area contributed by atoms with Crippen LogP contribution in [0.25, 0.3) is 0 Å². The molecule has 1 saturated heterocycles. The summed E-state index contributed by atoms with van der Waals surface area (Å²) in [7, 11) is -3.69. The van der Waals surface area contributed by atoms with Gasteiger partial charge in [-0.25, -0.2) is 8.42 Å². The smallest absolute Gasteiger partial charge is 0.243 e. The molecule has 0 radical (unpaired) electrons. The Morgan fingerprint density at radius 3 is 2.76 bits per heavy atom. The number of nitrogens with zero attached hydrogens (tertiary/aromatic N) is 1. The minimum absolute atomic E-state index is 0.0834. The van der Waals surface area contributed by atoms with E-state index in [0.29, 0.717) is 12.1 Å². The lowest BCUT2D eigenvalue weighted by molar-refractivity contribution is 0.191. The lowest BCUT2D eigenvalue weighted by Crippen LogP contribution is -2.39. The maximum absolute atomic E-state index is 12.7. The molecule has 0 saturated carbocycles. The van der Waals surface area contributed by atoms with Gasteiger partial charge in [0.25, 0.3) is 0 Å². The number of benzene rings is 1. The fourth-order valence-corrected chi connectivity index (χ4v) is 4.87. The molecule has 2 unspecified atom stereocenters. The molecule has 1 heterocycles. The Hall–Kier alpha value is -0.730. The minimum Gasteiger partial charge on any atom is -0.395 e. The molecule has 1 aliphatic heterocycles. The van der Waals surface area contributed by atoms with E-state index >= 15 is 0 Å². The maximum atomic E-state index is 12.7. The third kappa shape index (κ3) is 3.07. The molecule has 0 aliphatic carbocycles. The van der Waals surface area contributed by atoms with Crippen molar-refractivity contribution in [3.05, 3.63) is 28.8 Å². The van der Waals surface area contributed by atoms with Crippen LogP contribution in [0.2, 0.25) is 5.02 Å². The zero-order valence-corrected chi connectivity index (χ0v) is 13.9. The maximum Gasteiger partial charge on any atom is 0.243 e. The number of nitrogens with two attached hydrogens (primary N) is 1. The molecule has 116 valence electrons. The fraction of sp³-hybridized carbons (Fsp3) is 0.462. The van der Waals surface area contributed by atoms with E-state index in [9.17, 15) is 13.5 Å². The second-order valence-corrected chi connectivity index (χ2v) is 7.88. The average Bonchev–Trinajstić information content (AvgIpc) is 2.79. The largest absolute Gasteiger partial charge is 0.395 e. The fourth-order valence-electron chi connectivity index (χ4n) is 2.53. The summed E-state index contributed by atoms with van der Waals surface area (Å²) >= 11 is 10.9. The molecule has 0 amide bonds. The third-order valence-corrected chi connectivity index (χ3v) is 6.28. The molecule has 21 heavy (non-hydrogen) atoms. The third-order valence-electron chi connectivity index (χ3n) is 3.83. The molecular weight excluding hydrogens is 332 g/mol. The predicted octanol–water partition coefficient (Wildman–Crippen LogP) is 1.37. The Kier molecular flexibility index (Phi) is 4.89. The van der Waals surface area contributed by atoms with Crippen LogP contribution in [0.4, 0.5) is 0 Å². The second kappa shape index (κ2) is 6.18. The lowest BCUT2D eigenvalue weighted by Gasteiger charge is -2.24. The van der Waals surface area contributed by atoms with Crippen LogP contribution < -0.4 is 5.73 Å². The Morgan fingerprint density at radius 1 is 1.57 bits per heavy atom. The van der Waals surface area contributed by atoms with Crippen molar-refractivity contribution in [3.8, 4) is 0 Å². The van der Waals surface area contributed by atoms with Gasteiger partial charge in [0.2, 0.25) is 10.0 Å². The summed E-state index contributed by atoms with van der Waals surface area (Å²) in [6.45, 7) is 2.13. The van der Waals surface area contributed by atoms with Gasteiger partial charge < -0.3 is 10.8 Å². The number of hydrogen-bond donors (Lipinski definition) is 2. The summed E-state index contributed by atoms with van der Waals surface area (Å²) in [5.74, 6) is 0.121. The molecule has 1 aromatic rings. The summed E-state index contributed by atoms with van der Waals surface area (Å²) in [6, 6.07) is 3.89. The molecule has 1 aliphatic rings. The average molecular weight is 349 g/mol. The van der Waals surface area contributed by atoms with Gasteiger partial charge >= 0.3 is 0 Å². The first-order chi connectivity index (χ1) is 9.78. The van der Waals surface area contributed by atoms with Gasteiger partial charge in [-0.2, -0.15) is 4.31 Å². The van der Waals surface area contributed by atoms with Gasteiger partial charge in [-0.1, -0.05) is 30.7 Å². The predicted molar refractivity (Wildman–Crippen MR) is 85.9 cm³/mol. The number of thiocarbonyl (C=S) groups is 1. The van der Waals surface area contributed by atoms with E-state index < -0.39 is 16.1 Å². The summed E-state index contributed by atoms with van der Waals surface area (Å²) in [5, 5.41) is 9.63. The van der Waals surface area contributed by atoms with Gasteiger partial charge in [0.15, 0.2) is 0 Å². The Morgan fingerprint density at radius 2 is 2.24 bits per heavy atom. The highest BCUT2D eigenvalue weighted by Gasteiger charge is 2.39.